The van der Waals surface area contributed by atoms with Crippen LogP contribution in [-0.4, -0.2) is 104 Å². The number of nitro groups is 1. The molecule has 0 aliphatic carbocycles. The molecule has 2 atom stereocenters. The number of nitrogens with zero attached hydrogens (tertiary/aromatic N) is 5. The molecule has 0 radical (unpaired) electrons. The molecule has 1 aromatic heterocycles. The first-order valence-corrected chi connectivity index (χ1v) is 23.6. The largest absolute Gasteiger partial charge is 0.472 e. The molecule has 16 nitrogen and oxygen atoms in total. The number of unbranched alkanes of at least 4 members (excludes halogenated alkanes) is 19. The molecule has 2 unspecified atom stereocenters. The summed E-state index contributed by atoms with van der Waals surface area (Å²) in [5.74, 6) is -0.886. The van der Waals surface area contributed by atoms with Gasteiger partial charge >= 0.3 is 25.4 Å². The van der Waals surface area contributed by atoms with Gasteiger partial charge < -0.3 is 23.8 Å². The number of rotatable bonds is 37. The fraction of sp³-hybridized carbons (Fsp3) is 0.810. The van der Waals surface area contributed by atoms with Gasteiger partial charge in [0.2, 0.25) is 5.52 Å². The van der Waals surface area contributed by atoms with Crippen molar-refractivity contribution in [3.63, 3.8) is 0 Å². The number of esters is 2. The van der Waals surface area contributed by atoms with Gasteiger partial charge in [-0.15, -0.1) is 0 Å². The van der Waals surface area contributed by atoms with Crippen molar-refractivity contribution in [3.8, 4) is 0 Å². The Hall–Kier alpha value is -3.17. The standard InChI is InChI=1S/C42H74N5O11P/c1-6-7-8-9-10-11-12-13-14-15-18-21-24-27-39(48)54-34-36(35-56-59(52,53)55-33-32-47(3,4)5)57-40(49)28-25-22-19-16-17-20-23-26-31-45(2)37-29-30-38(46(50)51)42-41(37)43-58-44-42/h29-30,36H,6-28,31-35H2,1-5H3/p+1. The number of phosphoric ester groups is 1. The van der Waals surface area contributed by atoms with E-state index >= 15 is 0 Å². The van der Waals surface area contributed by atoms with E-state index in [1.165, 1.54) is 70.3 Å². The van der Waals surface area contributed by atoms with Gasteiger partial charge in [0, 0.05) is 32.5 Å². The number of benzene rings is 1. The topological polar surface area (TPSA) is 194 Å². The number of ether oxygens (including phenoxy) is 2. The molecule has 1 heterocycles. The molecule has 2 aromatic rings. The molecule has 59 heavy (non-hydrogen) atoms. The number of nitro benzene ring substituents is 1. The van der Waals surface area contributed by atoms with Crippen molar-refractivity contribution < 1.29 is 51.6 Å². The Morgan fingerprint density at radius 3 is 1.83 bits per heavy atom. The molecule has 0 bridgehead atoms. The van der Waals surface area contributed by atoms with Crippen LogP contribution in [0.5, 0.6) is 0 Å². The number of fused-ring (bicyclic) bond motifs is 1. The van der Waals surface area contributed by atoms with Crippen LogP contribution in [0.15, 0.2) is 16.8 Å². The van der Waals surface area contributed by atoms with Gasteiger partial charge in [0.25, 0.3) is 0 Å². The van der Waals surface area contributed by atoms with Gasteiger partial charge in [0.1, 0.15) is 19.8 Å². The van der Waals surface area contributed by atoms with E-state index < -0.39 is 37.4 Å². The molecule has 0 aliphatic heterocycles. The van der Waals surface area contributed by atoms with Gasteiger partial charge in [-0.1, -0.05) is 122 Å². The summed E-state index contributed by atoms with van der Waals surface area (Å²) in [7, 11) is 3.29. The van der Waals surface area contributed by atoms with Crippen molar-refractivity contribution in [1.29, 1.82) is 0 Å². The van der Waals surface area contributed by atoms with E-state index in [0.29, 0.717) is 23.0 Å². The second kappa shape index (κ2) is 30.0. The van der Waals surface area contributed by atoms with Gasteiger partial charge in [0.05, 0.1) is 38.4 Å². The maximum absolute atomic E-state index is 12.8. The molecule has 1 aromatic carbocycles. The zero-order valence-electron chi connectivity index (χ0n) is 36.7. The van der Waals surface area contributed by atoms with E-state index in [4.69, 9.17) is 23.2 Å². The number of carbonyl (C=O) groups is 2. The third-order valence-electron chi connectivity index (χ3n) is 10.3. The number of non-ortho nitro benzene ring substituents is 1. The van der Waals surface area contributed by atoms with Crippen LogP contribution < -0.4 is 4.90 Å². The van der Waals surface area contributed by atoms with Crippen molar-refractivity contribution in [2.24, 2.45) is 0 Å². The second-order valence-electron chi connectivity index (χ2n) is 16.7. The highest BCUT2D eigenvalue weighted by Crippen LogP contribution is 2.43. The monoisotopic (exact) mass is 857 g/mol. The Balaban J connectivity index is 1.64. The molecule has 0 aliphatic rings. The lowest BCUT2D eigenvalue weighted by molar-refractivity contribution is -0.870. The number of phosphoric acid groups is 1. The van der Waals surface area contributed by atoms with Crippen molar-refractivity contribution in [2.75, 3.05) is 66.0 Å². The third kappa shape index (κ3) is 24.6. The van der Waals surface area contributed by atoms with Crippen LogP contribution in [0.1, 0.15) is 155 Å². The normalized spacial score (nSPS) is 13.3. The van der Waals surface area contributed by atoms with E-state index in [0.717, 1.165) is 76.4 Å². The molecule has 0 spiro atoms. The summed E-state index contributed by atoms with van der Waals surface area (Å²) in [5.41, 5.74) is 1.12. The lowest BCUT2D eigenvalue weighted by Gasteiger charge is -2.24. The summed E-state index contributed by atoms with van der Waals surface area (Å²) in [6, 6.07) is 3.09. The summed E-state index contributed by atoms with van der Waals surface area (Å²) in [6.07, 6.45) is 22.6. The lowest BCUT2D eigenvalue weighted by atomic mass is 10.0. The maximum atomic E-state index is 12.8. The van der Waals surface area contributed by atoms with Crippen molar-refractivity contribution >= 4 is 42.2 Å². The second-order valence-corrected chi connectivity index (χ2v) is 18.2. The highest BCUT2D eigenvalue weighted by atomic mass is 31.2. The van der Waals surface area contributed by atoms with Gasteiger partial charge in [-0.2, -0.15) is 0 Å². The van der Waals surface area contributed by atoms with Gasteiger partial charge in [-0.05, 0) is 35.6 Å². The fourth-order valence-electron chi connectivity index (χ4n) is 6.65. The number of quaternary nitrogens is 1. The molecule has 1 N–H and O–H groups in total. The van der Waals surface area contributed by atoms with Gasteiger partial charge in [-0.3, -0.25) is 28.8 Å². The minimum absolute atomic E-state index is 0.00310. The Morgan fingerprint density at radius 1 is 0.780 bits per heavy atom. The van der Waals surface area contributed by atoms with Crippen LogP contribution in [0.3, 0.4) is 0 Å². The molecule has 0 fully saturated rings. The van der Waals surface area contributed by atoms with Crippen LogP contribution >= 0.6 is 7.82 Å². The van der Waals surface area contributed by atoms with Crippen LogP contribution in [0.2, 0.25) is 0 Å². The quantitative estimate of drug-likeness (QED) is 0.0168. The number of anilines is 1. The van der Waals surface area contributed by atoms with Crippen LogP contribution in [0.25, 0.3) is 11.0 Å². The molecule has 338 valence electrons. The molecule has 0 amide bonds. The maximum Gasteiger partial charge on any atom is 0.472 e. The smallest absolute Gasteiger partial charge is 0.462 e. The molecular weight excluding hydrogens is 781 g/mol. The van der Waals surface area contributed by atoms with Crippen molar-refractivity contribution in [2.45, 2.75) is 161 Å². The SMILES string of the molecule is CCCCCCCCCCCCCCCC(=O)OCC(COP(=O)(O)OCC[N+](C)(C)C)OC(=O)CCCCCCCCCCN(C)c1ccc([N+](=O)[O-])c2nonc12. The summed E-state index contributed by atoms with van der Waals surface area (Å²) in [4.78, 5) is 48.2. The minimum Gasteiger partial charge on any atom is -0.462 e. The predicted octanol–water partition coefficient (Wildman–Crippen LogP) is 9.85. The van der Waals surface area contributed by atoms with Crippen molar-refractivity contribution in [3.05, 3.63) is 22.2 Å². The Kier molecular flexibility index (Phi) is 26.4. The summed E-state index contributed by atoms with van der Waals surface area (Å²) in [6.45, 7) is 2.77. The molecule has 2 rings (SSSR count). The summed E-state index contributed by atoms with van der Waals surface area (Å²) >= 11 is 0. The van der Waals surface area contributed by atoms with E-state index in [1.807, 2.05) is 33.1 Å². The van der Waals surface area contributed by atoms with E-state index in [9.17, 15) is 29.2 Å². The number of likely N-dealkylation sites (N-methyl/N-ethyl adjacent to an activating group) is 1. The Morgan fingerprint density at radius 2 is 1.29 bits per heavy atom. The zero-order chi connectivity index (χ0) is 43.4. The van der Waals surface area contributed by atoms with E-state index in [2.05, 4.69) is 17.2 Å². The zero-order valence-corrected chi connectivity index (χ0v) is 37.6. The van der Waals surface area contributed by atoms with Crippen molar-refractivity contribution in [1.82, 2.24) is 10.3 Å². The first kappa shape index (κ1) is 52.0. The fourth-order valence-corrected chi connectivity index (χ4v) is 7.39. The number of aromatic nitrogens is 2. The number of hydrogen-bond acceptors (Lipinski definition) is 13. The third-order valence-corrected chi connectivity index (χ3v) is 11.2. The van der Waals surface area contributed by atoms with Gasteiger partial charge in [-0.25, -0.2) is 9.19 Å². The first-order chi connectivity index (χ1) is 28.2. The van der Waals surface area contributed by atoms with Gasteiger partial charge in [0.15, 0.2) is 11.6 Å². The number of carbonyl (C=O) groups excluding carboxylic acids is 2. The van der Waals surface area contributed by atoms with Crippen LogP contribution in [-0.2, 0) is 32.7 Å². The highest BCUT2D eigenvalue weighted by Gasteiger charge is 2.27. The molecule has 0 saturated heterocycles. The Bertz CT molecular complexity index is 1520. The minimum atomic E-state index is -4.41. The Labute approximate surface area is 352 Å². The molecule has 17 heteroatoms. The molecule has 0 saturated carbocycles. The number of hydrogen-bond donors (Lipinski definition) is 1. The summed E-state index contributed by atoms with van der Waals surface area (Å²) < 4.78 is 39.0. The highest BCUT2D eigenvalue weighted by molar-refractivity contribution is 7.47. The molecular formula is C42H75N5O11P+. The van der Waals surface area contributed by atoms with E-state index in [-0.39, 0.29) is 37.3 Å². The average molecular weight is 857 g/mol. The van der Waals surface area contributed by atoms with E-state index in [1.54, 1.807) is 6.07 Å². The predicted molar refractivity (Wildman–Crippen MR) is 229 cm³/mol. The van der Waals surface area contributed by atoms with Crippen LogP contribution in [0.4, 0.5) is 11.4 Å². The van der Waals surface area contributed by atoms with Crippen LogP contribution in [0, 0.1) is 10.1 Å². The lowest BCUT2D eigenvalue weighted by Crippen LogP contribution is -2.37. The first-order valence-electron chi connectivity index (χ1n) is 22.1. The summed E-state index contributed by atoms with van der Waals surface area (Å²) in [5, 5.41) is 18.8. The average Bonchev–Trinajstić information content (AvgIpc) is 3.67.